The highest BCUT2D eigenvalue weighted by Gasteiger charge is 2.28. The number of carbonyl (C=O) groups excluding carboxylic acids is 2. The first-order valence-corrected chi connectivity index (χ1v) is 14.9. The number of ketones is 1. The molecule has 0 aliphatic heterocycles. The Labute approximate surface area is 222 Å². The third-order valence-electron chi connectivity index (χ3n) is 4.92. The van der Waals surface area contributed by atoms with Gasteiger partial charge in [0.1, 0.15) is 23.1 Å². The summed E-state index contributed by atoms with van der Waals surface area (Å²) in [7, 11) is -8.02. The fourth-order valence-electron chi connectivity index (χ4n) is 3.42. The molecule has 1 atom stereocenters. The van der Waals surface area contributed by atoms with Crippen LogP contribution in [-0.2, 0) is 30.4 Å². The van der Waals surface area contributed by atoms with Gasteiger partial charge in [0.05, 0.1) is 24.3 Å². The zero-order valence-electron chi connectivity index (χ0n) is 20.6. The van der Waals surface area contributed by atoms with Crippen LogP contribution in [0.2, 0.25) is 0 Å². The number of sulfone groups is 1. The van der Waals surface area contributed by atoms with Crippen molar-refractivity contribution in [2.45, 2.75) is 25.3 Å². The van der Waals surface area contributed by atoms with Crippen LogP contribution in [0.15, 0.2) is 57.9 Å². The fourth-order valence-corrected chi connectivity index (χ4v) is 5.55. The third kappa shape index (κ3) is 9.10. The lowest BCUT2D eigenvalue weighted by Crippen LogP contribution is -2.42. The molecule has 0 saturated carbocycles. The molecule has 0 aliphatic carbocycles. The highest BCUT2D eigenvalue weighted by atomic mass is 32.2. The number of alkyl halides is 2. The Balaban J connectivity index is 1.79. The van der Waals surface area contributed by atoms with Crippen LogP contribution in [0.1, 0.15) is 23.2 Å². The summed E-state index contributed by atoms with van der Waals surface area (Å²) in [6.45, 7) is -2.62. The lowest BCUT2D eigenvalue weighted by atomic mass is 10.2. The van der Waals surface area contributed by atoms with Crippen LogP contribution in [0.25, 0.3) is 11.1 Å². The SMILES string of the molecule is CC(=N[C@@H](CS(=O)(=O)Cc1ccccc1OC(F)F)C(=O)NCC(=O)c1nc2ccccc2o1)NS(C)(=O)=O. The second-order valence-corrected chi connectivity index (χ2v) is 12.1. The number of amides is 1. The summed E-state index contributed by atoms with van der Waals surface area (Å²) in [5, 5.41) is 2.26. The van der Waals surface area contributed by atoms with Gasteiger partial charge in [-0.2, -0.15) is 8.78 Å². The van der Waals surface area contributed by atoms with Crippen molar-refractivity contribution < 1.29 is 44.4 Å². The van der Waals surface area contributed by atoms with Gasteiger partial charge < -0.3 is 14.5 Å². The van der Waals surface area contributed by atoms with E-state index in [2.05, 4.69) is 20.0 Å². The summed E-state index contributed by atoms with van der Waals surface area (Å²) < 4.78 is 86.2. The van der Waals surface area contributed by atoms with Gasteiger partial charge in [-0.15, -0.1) is 0 Å². The molecule has 0 spiro atoms. The van der Waals surface area contributed by atoms with Crippen LogP contribution < -0.4 is 14.8 Å². The monoisotopic (exact) mass is 586 g/mol. The van der Waals surface area contributed by atoms with E-state index in [9.17, 15) is 35.2 Å². The number of Topliss-reactive ketones (excluding diaryl/α,β-unsaturated/α-hetero) is 1. The van der Waals surface area contributed by atoms with Crippen molar-refractivity contribution in [3.05, 3.63) is 60.0 Å². The van der Waals surface area contributed by atoms with Gasteiger partial charge >= 0.3 is 6.61 Å². The summed E-state index contributed by atoms with van der Waals surface area (Å²) in [5.41, 5.74) is 0.678. The number of benzene rings is 2. The van der Waals surface area contributed by atoms with Crippen molar-refractivity contribution in [3.63, 3.8) is 0 Å². The van der Waals surface area contributed by atoms with E-state index in [1.165, 1.54) is 25.1 Å². The van der Waals surface area contributed by atoms with Gasteiger partial charge in [-0.1, -0.05) is 30.3 Å². The number of amidine groups is 1. The summed E-state index contributed by atoms with van der Waals surface area (Å²) in [6.07, 6.45) is 0.830. The average molecular weight is 587 g/mol. The molecule has 0 aliphatic rings. The quantitative estimate of drug-likeness (QED) is 0.182. The molecule has 1 aromatic heterocycles. The first kappa shape index (κ1) is 29.6. The van der Waals surface area contributed by atoms with E-state index in [1.807, 2.05) is 4.72 Å². The molecular formula is C23H24F2N4O8S2. The molecule has 3 rings (SSSR count). The van der Waals surface area contributed by atoms with Crippen molar-refractivity contribution in [2.75, 3.05) is 18.6 Å². The number of aromatic nitrogens is 1. The van der Waals surface area contributed by atoms with E-state index in [1.54, 1.807) is 24.3 Å². The number of rotatable bonds is 12. The number of nitrogens with zero attached hydrogens (tertiary/aromatic N) is 2. The van der Waals surface area contributed by atoms with Crippen LogP contribution in [0.5, 0.6) is 5.75 Å². The molecule has 0 saturated heterocycles. The third-order valence-corrected chi connectivity index (χ3v) is 7.16. The number of hydrogen-bond acceptors (Lipinski definition) is 10. The first-order valence-electron chi connectivity index (χ1n) is 11.1. The fraction of sp³-hybridized carbons (Fsp3) is 0.304. The molecule has 39 heavy (non-hydrogen) atoms. The standard InChI is InChI=1S/C23H24F2N4O8S2/c1-14(29-38(2,32)33)27-17(13-39(34,35)12-15-7-3-5-9-19(15)37-23(24)25)21(31)26-11-18(30)22-28-16-8-4-6-10-20(16)36-22/h3-10,17,23H,11-13H2,1-2H3,(H,26,31)(H,27,29)/t17-/m0/s1. The smallest absolute Gasteiger partial charge is 0.387 e. The molecule has 3 aromatic rings. The minimum atomic E-state index is -4.22. The Morgan fingerprint density at radius 3 is 2.41 bits per heavy atom. The Kier molecular flexibility index (Phi) is 9.34. The highest BCUT2D eigenvalue weighted by molar-refractivity contribution is 7.90. The molecule has 0 radical (unpaired) electrons. The summed E-state index contributed by atoms with van der Waals surface area (Å²) in [4.78, 5) is 33.3. The maximum Gasteiger partial charge on any atom is 0.387 e. The molecule has 0 unspecified atom stereocenters. The van der Waals surface area contributed by atoms with Gasteiger partial charge in [-0.25, -0.2) is 21.8 Å². The Morgan fingerprint density at radius 2 is 1.74 bits per heavy atom. The number of carbonyl (C=O) groups is 2. The van der Waals surface area contributed by atoms with Crippen molar-refractivity contribution in [3.8, 4) is 5.75 Å². The maximum absolute atomic E-state index is 13.0. The number of oxazole rings is 1. The topological polar surface area (TPSA) is 174 Å². The molecule has 12 nitrogen and oxygen atoms in total. The maximum atomic E-state index is 13.0. The van der Waals surface area contributed by atoms with Crippen LogP contribution in [-0.4, -0.2) is 70.6 Å². The van der Waals surface area contributed by atoms with Gasteiger partial charge in [0.25, 0.3) is 5.89 Å². The number of sulfonamides is 1. The average Bonchev–Trinajstić information content (AvgIpc) is 3.26. The summed E-state index contributed by atoms with van der Waals surface area (Å²) >= 11 is 0. The minimum Gasteiger partial charge on any atom is -0.435 e. The molecule has 1 amide bonds. The van der Waals surface area contributed by atoms with Crippen molar-refractivity contribution in [2.24, 2.45) is 4.99 Å². The van der Waals surface area contributed by atoms with E-state index < -0.39 is 62.3 Å². The van der Waals surface area contributed by atoms with Gasteiger partial charge in [0.2, 0.25) is 21.7 Å². The van der Waals surface area contributed by atoms with Crippen LogP contribution >= 0.6 is 0 Å². The van der Waals surface area contributed by atoms with Crippen molar-refractivity contribution in [1.82, 2.24) is 15.0 Å². The summed E-state index contributed by atoms with van der Waals surface area (Å²) in [5.74, 6) is -4.39. The minimum absolute atomic E-state index is 0.0851. The summed E-state index contributed by atoms with van der Waals surface area (Å²) in [6, 6.07) is 10.1. The van der Waals surface area contributed by atoms with Gasteiger partial charge in [0, 0.05) is 5.56 Å². The van der Waals surface area contributed by atoms with Gasteiger partial charge in [0.15, 0.2) is 15.4 Å². The van der Waals surface area contributed by atoms with Crippen LogP contribution in [0.3, 0.4) is 0 Å². The largest absolute Gasteiger partial charge is 0.435 e. The van der Waals surface area contributed by atoms with Crippen LogP contribution in [0, 0.1) is 0 Å². The van der Waals surface area contributed by atoms with Gasteiger partial charge in [-0.05, 0) is 25.1 Å². The molecule has 16 heteroatoms. The zero-order chi connectivity index (χ0) is 28.8. The van der Waals surface area contributed by atoms with Crippen molar-refractivity contribution >= 4 is 48.5 Å². The van der Waals surface area contributed by atoms with E-state index in [-0.39, 0.29) is 23.0 Å². The number of nitrogens with one attached hydrogen (secondary N) is 2. The van der Waals surface area contributed by atoms with E-state index >= 15 is 0 Å². The second kappa shape index (κ2) is 12.3. The van der Waals surface area contributed by atoms with Crippen LogP contribution in [0.4, 0.5) is 8.78 Å². The van der Waals surface area contributed by atoms with Gasteiger partial charge in [-0.3, -0.25) is 19.3 Å². The number of fused-ring (bicyclic) bond motifs is 1. The molecule has 0 bridgehead atoms. The highest BCUT2D eigenvalue weighted by Crippen LogP contribution is 2.23. The van der Waals surface area contributed by atoms with E-state index in [0.717, 1.165) is 12.3 Å². The Bertz CT molecular complexity index is 1570. The molecule has 2 aromatic carbocycles. The van der Waals surface area contributed by atoms with E-state index in [4.69, 9.17) is 4.42 Å². The Morgan fingerprint density at radius 1 is 1.08 bits per heavy atom. The van der Waals surface area contributed by atoms with E-state index in [0.29, 0.717) is 11.1 Å². The molecule has 2 N–H and O–H groups in total. The number of hydrogen-bond donors (Lipinski definition) is 2. The molecule has 1 heterocycles. The molecule has 0 fully saturated rings. The Hall–Kier alpha value is -3.92. The predicted molar refractivity (Wildman–Crippen MR) is 137 cm³/mol. The second-order valence-electron chi connectivity index (χ2n) is 8.27. The number of aliphatic imine (C=N–C) groups is 1. The first-order chi connectivity index (χ1) is 18.2. The zero-order valence-corrected chi connectivity index (χ0v) is 22.3. The van der Waals surface area contributed by atoms with Crippen molar-refractivity contribution in [1.29, 1.82) is 0 Å². The normalized spacial score (nSPS) is 13.3. The molecule has 210 valence electrons. The number of ether oxygens (including phenoxy) is 1. The predicted octanol–water partition coefficient (Wildman–Crippen LogP) is 1.68. The lowest BCUT2D eigenvalue weighted by Gasteiger charge is -2.16. The number of halogens is 2. The number of para-hydroxylation sites is 3. The lowest BCUT2D eigenvalue weighted by molar-refractivity contribution is -0.121. The molecular weight excluding hydrogens is 562 g/mol.